The summed E-state index contributed by atoms with van der Waals surface area (Å²) in [5.41, 5.74) is 7.93. The standard InChI is InChI=1S/C13H22N4O/c1-9(17(3)4)8-16-12-7-10(13(18)15-2)5-6-11(12)14/h5-7,9,16H,8,14H2,1-4H3,(H,15,18). The van der Waals surface area contributed by atoms with Gasteiger partial charge in [0, 0.05) is 25.2 Å². The van der Waals surface area contributed by atoms with E-state index >= 15 is 0 Å². The monoisotopic (exact) mass is 250 g/mol. The number of rotatable bonds is 5. The van der Waals surface area contributed by atoms with E-state index in [9.17, 15) is 4.79 Å². The van der Waals surface area contributed by atoms with Crippen molar-refractivity contribution in [2.45, 2.75) is 13.0 Å². The van der Waals surface area contributed by atoms with E-state index in [0.717, 1.165) is 12.2 Å². The number of benzene rings is 1. The van der Waals surface area contributed by atoms with Gasteiger partial charge in [-0.25, -0.2) is 0 Å². The predicted octanol–water partition coefficient (Wildman–Crippen LogP) is 0.990. The Morgan fingerprint density at radius 2 is 2.11 bits per heavy atom. The summed E-state index contributed by atoms with van der Waals surface area (Å²) in [5.74, 6) is -0.112. The molecule has 100 valence electrons. The van der Waals surface area contributed by atoms with Crippen molar-refractivity contribution < 1.29 is 4.79 Å². The van der Waals surface area contributed by atoms with Gasteiger partial charge in [-0.15, -0.1) is 0 Å². The van der Waals surface area contributed by atoms with Gasteiger partial charge in [0.15, 0.2) is 0 Å². The summed E-state index contributed by atoms with van der Waals surface area (Å²) in [6.07, 6.45) is 0. The van der Waals surface area contributed by atoms with Crippen molar-refractivity contribution in [3.63, 3.8) is 0 Å². The third-order valence-electron chi connectivity index (χ3n) is 3.01. The van der Waals surface area contributed by atoms with Gasteiger partial charge in [-0.1, -0.05) is 0 Å². The number of nitrogens with one attached hydrogen (secondary N) is 2. The minimum absolute atomic E-state index is 0.112. The zero-order valence-electron chi connectivity index (χ0n) is 11.4. The highest BCUT2D eigenvalue weighted by Gasteiger charge is 2.08. The van der Waals surface area contributed by atoms with Gasteiger partial charge in [-0.05, 0) is 39.2 Å². The molecule has 0 bridgehead atoms. The van der Waals surface area contributed by atoms with E-state index < -0.39 is 0 Å². The first-order valence-corrected chi connectivity index (χ1v) is 5.97. The van der Waals surface area contributed by atoms with Crippen LogP contribution in [0.25, 0.3) is 0 Å². The third-order valence-corrected chi connectivity index (χ3v) is 3.01. The number of hydrogen-bond donors (Lipinski definition) is 3. The van der Waals surface area contributed by atoms with E-state index in [2.05, 4.69) is 22.5 Å². The molecule has 0 radical (unpaired) electrons. The summed E-state index contributed by atoms with van der Waals surface area (Å²) in [4.78, 5) is 13.7. The average Bonchev–Trinajstić information content (AvgIpc) is 2.36. The van der Waals surface area contributed by atoms with Crippen LogP contribution < -0.4 is 16.4 Å². The lowest BCUT2D eigenvalue weighted by Gasteiger charge is -2.21. The van der Waals surface area contributed by atoms with Crippen molar-refractivity contribution in [3.8, 4) is 0 Å². The summed E-state index contributed by atoms with van der Waals surface area (Å²) in [6.45, 7) is 2.89. The van der Waals surface area contributed by atoms with E-state index in [1.807, 2.05) is 14.1 Å². The second-order valence-electron chi connectivity index (χ2n) is 4.57. The molecular weight excluding hydrogens is 228 g/mol. The van der Waals surface area contributed by atoms with Crippen LogP contribution in [0.5, 0.6) is 0 Å². The molecule has 0 aliphatic carbocycles. The summed E-state index contributed by atoms with van der Waals surface area (Å²) >= 11 is 0. The van der Waals surface area contributed by atoms with Gasteiger partial charge in [0.1, 0.15) is 0 Å². The molecule has 5 heteroatoms. The van der Waals surface area contributed by atoms with Gasteiger partial charge in [0.2, 0.25) is 0 Å². The van der Waals surface area contributed by atoms with Crippen molar-refractivity contribution in [3.05, 3.63) is 23.8 Å². The zero-order valence-corrected chi connectivity index (χ0v) is 11.4. The van der Waals surface area contributed by atoms with Crippen LogP contribution >= 0.6 is 0 Å². The normalized spacial score (nSPS) is 12.3. The van der Waals surface area contributed by atoms with Gasteiger partial charge >= 0.3 is 0 Å². The molecule has 0 spiro atoms. The molecule has 1 atom stereocenters. The van der Waals surface area contributed by atoms with E-state index in [4.69, 9.17) is 5.73 Å². The van der Waals surface area contributed by atoms with E-state index in [0.29, 0.717) is 17.3 Å². The van der Waals surface area contributed by atoms with E-state index in [1.165, 1.54) is 0 Å². The first-order chi connectivity index (χ1) is 8.45. The molecule has 1 amide bonds. The molecular formula is C13H22N4O. The second-order valence-corrected chi connectivity index (χ2v) is 4.57. The van der Waals surface area contributed by atoms with Crippen LogP contribution in [0.2, 0.25) is 0 Å². The molecule has 0 aliphatic heterocycles. The highest BCUT2D eigenvalue weighted by Crippen LogP contribution is 2.20. The van der Waals surface area contributed by atoms with Crippen LogP contribution in [0, 0.1) is 0 Å². The second kappa shape index (κ2) is 6.26. The van der Waals surface area contributed by atoms with Gasteiger partial charge in [0.05, 0.1) is 11.4 Å². The van der Waals surface area contributed by atoms with Crippen molar-refractivity contribution in [1.29, 1.82) is 0 Å². The number of amides is 1. The molecule has 0 heterocycles. The van der Waals surface area contributed by atoms with Gasteiger partial charge < -0.3 is 21.3 Å². The minimum atomic E-state index is -0.112. The van der Waals surface area contributed by atoms with Crippen LogP contribution in [0.1, 0.15) is 17.3 Å². The Kier molecular flexibility index (Phi) is 4.97. The fourth-order valence-electron chi connectivity index (χ4n) is 1.44. The SMILES string of the molecule is CNC(=O)c1ccc(N)c(NCC(C)N(C)C)c1. The number of anilines is 2. The van der Waals surface area contributed by atoms with Gasteiger partial charge in [-0.2, -0.15) is 0 Å². The fraction of sp³-hybridized carbons (Fsp3) is 0.462. The molecule has 0 aromatic heterocycles. The average molecular weight is 250 g/mol. The molecule has 1 aromatic carbocycles. The van der Waals surface area contributed by atoms with E-state index in [1.54, 1.807) is 25.2 Å². The Morgan fingerprint density at radius 1 is 1.44 bits per heavy atom. The van der Waals surface area contributed by atoms with Crippen LogP contribution in [0.15, 0.2) is 18.2 Å². The number of likely N-dealkylation sites (N-methyl/N-ethyl adjacent to an activating group) is 1. The molecule has 1 aromatic rings. The highest BCUT2D eigenvalue weighted by molar-refractivity contribution is 5.96. The van der Waals surface area contributed by atoms with Gasteiger partial charge in [-0.3, -0.25) is 4.79 Å². The Balaban J connectivity index is 2.78. The third kappa shape index (κ3) is 3.63. The topological polar surface area (TPSA) is 70.4 Å². The summed E-state index contributed by atoms with van der Waals surface area (Å²) in [7, 11) is 5.66. The van der Waals surface area contributed by atoms with Crippen LogP contribution in [0.4, 0.5) is 11.4 Å². The maximum absolute atomic E-state index is 11.5. The smallest absolute Gasteiger partial charge is 0.251 e. The Hall–Kier alpha value is -1.75. The van der Waals surface area contributed by atoms with Crippen molar-refractivity contribution in [2.24, 2.45) is 0 Å². The fourth-order valence-corrected chi connectivity index (χ4v) is 1.44. The number of nitrogen functional groups attached to an aromatic ring is 1. The maximum Gasteiger partial charge on any atom is 0.251 e. The van der Waals surface area contributed by atoms with Gasteiger partial charge in [0.25, 0.3) is 5.91 Å². The van der Waals surface area contributed by atoms with Crippen LogP contribution in [-0.4, -0.2) is 44.5 Å². The van der Waals surface area contributed by atoms with Crippen LogP contribution in [-0.2, 0) is 0 Å². The first-order valence-electron chi connectivity index (χ1n) is 5.97. The molecule has 5 nitrogen and oxygen atoms in total. The lowest BCUT2D eigenvalue weighted by Crippen LogP contribution is -2.31. The summed E-state index contributed by atoms with van der Waals surface area (Å²) in [5, 5.41) is 5.86. The highest BCUT2D eigenvalue weighted by atomic mass is 16.1. The first kappa shape index (κ1) is 14.3. The Morgan fingerprint density at radius 3 is 2.67 bits per heavy atom. The zero-order chi connectivity index (χ0) is 13.7. The van der Waals surface area contributed by atoms with E-state index in [-0.39, 0.29) is 5.91 Å². The maximum atomic E-state index is 11.5. The molecule has 18 heavy (non-hydrogen) atoms. The molecule has 0 fully saturated rings. The predicted molar refractivity (Wildman–Crippen MR) is 75.9 cm³/mol. The Bertz CT molecular complexity index is 417. The van der Waals surface area contributed by atoms with Crippen molar-refractivity contribution in [1.82, 2.24) is 10.2 Å². The largest absolute Gasteiger partial charge is 0.397 e. The number of carbonyl (C=O) groups is 1. The van der Waals surface area contributed by atoms with Crippen molar-refractivity contribution >= 4 is 17.3 Å². The number of nitrogens with zero attached hydrogens (tertiary/aromatic N) is 1. The lowest BCUT2D eigenvalue weighted by molar-refractivity contribution is 0.0963. The molecule has 0 saturated heterocycles. The number of nitrogens with two attached hydrogens (primary N) is 1. The quantitative estimate of drug-likeness (QED) is 0.682. The molecule has 1 rings (SSSR count). The number of carbonyl (C=O) groups excluding carboxylic acids is 1. The molecule has 4 N–H and O–H groups in total. The van der Waals surface area contributed by atoms with Crippen molar-refractivity contribution in [2.75, 3.05) is 38.7 Å². The lowest BCUT2D eigenvalue weighted by atomic mass is 10.1. The Labute approximate surface area is 108 Å². The summed E-state index contributed by atoms with van der Waals surface area (Å²) in [6, 6.07) is 5.62. The summed E-state index contributed by atoms with van der Waals surface area (Å²) < 4.78 is 0. The van der Waals surface area contributed by atoms with Crippen LogP contribution in [0.3, 0.4) is 0 Å². The number of hydrogen-bond acceptors (Lipinski definition) is 4. The molecule has 0 aliphatic rings. The minimum Gasteiger partial charge on any atom is -0.397 e. The molecule has 1 unspecified atom stereocenters. The molecule has 0 saturated carbocycles.